The molecule has 4 rings (SSSR count). The van der Waals surface area contributed by atoms with Crippen LogP contribution in [0.1, 0.15) is 40.5 Å². The van der Waals surface area contributed by atoms with Crippen molar-refractivity contribution in [2.24, 2.45) is 5.92 Å². The van der Waals surface area contributed by atoms with Crippen LogP contribution < -0.4 is 10.6 Å². The third-order valence-corrected chi connectivity index (χ3v) is 4.58. The van der Waals surface area contributed by atoms with Crippen LogP contribution in [-0.2, 0) is 0 Å². The van der Waals surface area contributed by atoms with Crippen molar-refractivity contribution in [3.05, 3.63) is 77.9 Å². The molecule has 27 heavy (non-hydrogen) atoms. The molecule has 1 aromatic carbocycles. The van der Waals surface area contributed by atoms with E-state index in [1.54, 1.807) is 18.6 Å². The molecule has 2 N–H and O–H groups in total. The number of aromatic nitrogens is 3. The summed E-state index contributed by atoms with van der Waals surface area (Å²) >= 11 is 0. The molecule has 2 aromatic heterocycles. The second-order valence-electron chi connectivity index (χ2n) is 6.83. The van der Waals surface area contributed by atoms with E-state index < -0.39 is 0 Å². The molecular weight excluding hydrogens is 338 g/mol. The van der Waals surface area contributed by atoms with Crippen LogP contribution in [0.15, 0.2) is 61.1 Å². The van der Waals surface area contributed by atoms with Crippen LogP contribution in [0, 0.1) is 12.8 Å². The molecule has 6 heteroatoms. The first-order chi connectivity index (χ1) is 13.2. The molecule has 0 spiro atoms. The second kappa shape index (κ2) is 7.53. The zero-order valence-corrected chi connectivity index (χ0v) is 15.1. The lowest BCUT2D eigenvalue weighted by atomic mass is 10.1. The lowest BCUT2D eigenvalue weighted by Gasteiger charge is -2.18. The van der Waals surface area contributed by atoms with Gasteiger partial charge in [-0.3, -0.25) is 9.78 Å². The number of para-hydroxylation sites is 1. The molecule has 2 heterocycles. The van der Waals surface area contributed by atoms with Crippen LogP contribution in [0.3, 0.4) is 0 Å². The monoisotopic (exact) mass is 359 g/mol. The Morgan fingerprint density at radius 3 is 2.48 bits per heavy atom. The fourth-order valence-electron chi connectivity index (χ4n) is 2.98. The molecule has 0 unspecified atom stereocenters. The predicted molar refractivity (Wildman–Crippen MR) is 104 cm³/mol. The molecule has 1 saturated carbocycles. The summed E-state index contributed by atoms with van der Waals surface area (Å²) in [6.45, 7) is 2.03. The molecule has 3 aromatic rings. The van der Waals surface area contributed by atoms with E-state index in [1.807, 2.05) is 49.4 Å². The Hall–Kier alpha value is -3.28. The lowest BCUT2D eigenvalue weighted by molar-refractivity contribution is 0.0930. The van der Waals surface area contributed by atoms with Crippen LogP contribution in [0.2, 0.25) is 0 Å². The molecule has 1 aliphatic carbocycles. The fraction of sp³-hybridized carbons (Fsp3) is 0.238. The van der Waals surface area contributed by atoms with Gasteiger partial charge in [0.2, 0.25) is 5.95 Å². The summed E-state index contributed by atoms with van der Waals surface area (Å²) in [5.74, 6) is 0.724. The predicted octanol–water partition coefficient (Wildman–Crippen LogP) is 3.80. The van der Waals surface area contributed by atoms with Gasteiger partial charge in [0.1, 0.15) is 0 Å². The number of carbonyl (C=O) groups excluding carboxylic acids is 1. The van der Waals surface area contributed by atoms with E-state index in [4.69, 9.17) is 0 Å². The molecule has 1 aliphatic rings. The molecule has 0 bridgehead atoms. The largest absolute Gasteiger partial charge is 0.343 e. The molecule has 0 radical (unpaired) electrons. The zero-order chi connectivity index (χ0) is 18.6. The highest BCUT2D eigenvalue weighted by atomic mass is 16.1. The summed E-state index contributed by atoms with van der Waals surface area (Å²) in [6.07, 6.45) is 7.09. The number of nitrogens with zero attached hydrogens (tertiary/aromatic N) is 3. The van der Waals surface area contributed by atoms with E-state index in [0.29, 0.717) is 17.4 Å². The van der Waals surface area contributed by atoms with Gasteiger partial charge in [-0.05, 0) is 55.5 Å². The maximum absolute atomic E-state index is 12.7. The number of rotatable bonds is 6. The van der Waals surface area contributed by atoms with Crippen LogP contribution >= 0.6 is 0 Å². The van der Waals surface area contributed by atoms with Crippen LogP contribution in [0.4, 0.5) is 11.6 Å². The third-order valence-electron chi connectivity index (χ3n) is 4.58. The van der Waals surface area contributed by atoms with Crippen molar-refractivity contribution in [2.45, 2.75) is 25.8 Å². The quantitative estimate of drug-likeness (QED) is 0.700. The smallest absolute Gasteiger partial charge is 0.254 e. The highest BCUT2D eigenvalue weighted by Gasteiger charge is 2.34. The minimum absolute atomic E-state index is 0.0699. The number of nitrogens with one attached hydrogen (secondary N) is 2. The van der Waals surface area contributed by atoms with Crippen molar-refractivity contribution >= 4 is 17.5 Å². The highest BCUT2D eigenvalue weighted by molar-refractivity contribution is 5.94. The van der Waals surface area contributed by atoms with Gasteiger partial charge in [0, 0.05) is 24.3 Å². The van der Waals surface area contributed by atoms with Crippen molar-refractivity contribution < 1.29 is 4.79 Å². The fourth-order valence-corrected chi connectivity index (χ4v) is 2.98. The summed E-state index contributed by atoms with van der Waals surface area (Å²) in [4.78, 5) is 25.6. The summed E-state index contributed by atoms with van der Waals surface area (Å²) in [5.41, 5.74) is 3.38. The molecule has 0 saturated heterocycles. The number of aryl methyl sites for hydroxylation is 1. The highest BCUT2D eigenvalue weighted by Crippen LogP contribution is 2.40. The minimum atomic E-state index is -0.179. The summed E-state index contributed by atoms with van der Waals surface area (Å²) < 4.78 is 0. The van der Waals surface area contributed by atoms with E-state index in [1.165, 1.54) is 0 Å². The second-order valence-corrected chi connectivity index (χ2v) is 6.83. The first kappa shape index (κ1) is 17.1. The van der Waals surface area contributed by atoms with Gasteiger partial charge in [0.05, 0.1) is 17.3 Å². The van der Waals surface area contributed by atoms with E-state index in [-0.39, 0.29) is 11.9 Å². The van der Waals surface area contributed by atoms with Crippen molar-refractivity contribution in [3.8, 4) is 0 Å². The van der Waals surface area contributed by atoms with Gasteiger partial charge in [0.25, 0.3) is 5.91 Å². The van der Waals surface area contributed by atoms with Crippen LogP contribution in [0.25, 0.3) is 0 Å². The van der Waals surface area contributed by atoms with Crippen molar-refractivity contribution in [1.29, 1.82) is 0 Å². The van der Waals surface area contributed by atoms with Gasteiger partial charge in [-0.1, -0.05) is 18.2 Å². The molecular formula is C21H21N5O. The lowest BCUT2D eigenvalue weighted by Crippen LogP contribution is -2.30. The Morgan fingerprint density at radius 2 is 1.81 bits per heavy atom. The number of carbonyl (C=O) groups is 1. The summed E-state index contributed by atoms with van der Waals surface area (Å²) in [7, 11) is 0. The molecule has 6 nitrogen and oxygen atoms in total. The summed E-state index contributed by atoms with van der Waals surface area (Å²) in [6, 6.07) is 13.6. The van der Waals surface area contributed by atoms with E-state index in [9.17, 15) is 4.79 Å². The molecule has 1 amide bonds. The SMILES string of the molecule is Cc1ccnc([C@H](NC(=O)c2cnc(Nc3ccccc3)nc2)C2CC2)c1. The molecule has 1 atom stereocenters. The van der Waals surface area contributed by atoms with Crippen molar-refractivity contribution in [3.63, 3.8) is 0 Å². The van der Waals surface area contributed by atoms with Gasteiger partial charge in [0.15, 0.2) is 0 Å². The Kier molecular flexibility index (Phi) is 4.78. The number of anilines is 2. The van der Waals surface area contributed by atoms with E-state index >= 15 is 0 Å². The molecule has 136 valence electrons. The molecule has 0 aliphatic heterocycles. The zero-order valence-electron chi connectivity index (χ0n) is 15.1. The Labute approximate surface area is 158 Å². The first-order valence-electron chi connectivity index (χ1n) is 9.06. The van der Waals surface area contributed by atoms with Crippen LogP contribution in [0.5, 0.6) is 0 Å². The van der Waals surface area contributed by atoms with Gasteiger partial charge in [-0.2, -0.15) is 0 Å². The minimum Gasteiger partial charge on any atom is -0.343 e. The average molecular weight is 359 g/mol. The first-order valence-corrected chi connectivity index (χ1v) is 9.06. The maximum atomic E-state index is 12.7. The number of hydrogen-bond donors (Lipinski definition) is 2. The van der Waals surface area contributed by atoms with E-state index in [2.05, 4.69) is 25.6 Å². The maximum Gasteiger partial charge on any atom is 0.254 e. The topological polar surface area (TPSA) is 79.8 Å². The van der Waals surface area contributed by atoms with Gasteiger partial charge >= 0.3 is 0 Å². The summed E-state index contributed by atoms with van der Waals surface area (Å²) in [5, 5.41) is 6.21. The Balaban J connectivity index is 1.45. The number of hydrogen-bond acceptors (Lipinski definition) is 5. The number of pyridine rings is 1. The average Bonchev–Trinajstić information content (AvgIpc) is 3.52. The van der Waals surface area contributed by atoms with Gasteiger partial charge < -0.3 is 10.6 Å². The Morgan fingerprint density at radius 1 is 1.07 bits per heavy atom. The van der Waals surface area contributed by atoms with Crippen molar-refractivity contribution in [1.82, 2.24) is 20.3 Å². The van der Waals surface area contributed by atoms with Crippen LogP contribution in [-0.4, -0.2) is 20.9 Å². The standard InChI is InChI=1S/C21H21N5O/c1-14-9-10-22-18(11-14)19(15-7-8-15)26-20(27)16-12-23-21(24-13-16)25-17-5-3-2-4-6-17/h2-6,9-13,15,19H,7-8H2,1H3,(H,26,27)(H,23,24,25)/t19-/m1/s1. The van der Waals surface area contributed by atoms with Gasteiger partial charge in [-0.25, -0.2) is 9.97 Å². The van der Waals surface area contributed by atoms with E-state index in [0.717, 1.165) is 29.8 Å². The normalized spacial score (nSPS) is 14.4. The third kappa shape index (κ3) is 4.28. The van der Waals surface area contributed by atoms with Gasteiger partial charge in [-0.15, -0.1) is 0 Å². The Bertz CT molecular complexity index is 923. The number of amides is 1. The number of benzene rings is 1. The molecule has 1 fully saturated rings. The van der Waals surface area contributed by atoms with Crippen molar-refractivity contribution in [2.75, 3.05) is 5.32 Å².